The second-order valence-corrected chi connectivity index (χ2v) is 5.32. The van der Waals surface area contributed by atoms with Crippen molar-refractivity contribution in [1.29, 1.82) is 0 Å². The molecule has 0 spiro atoms. The summed E-state index contributed by atoms with van der Waals surface area (Å²) in [4.78, 5) is 28.8. The largest absolute Gasteiger partial charge is 0.321 e. The molecule has 2 aromatic carbocycles. The van der Waals surface area contributed by atoms with Crippen molar-refractivity contribution in [2.75, 3.05) is 5.32 Å². The van der Waals surface area contributed by atoms with E-state index < -0.39 is 5.91 Å². The molecule has 1 aromatic heterocycles. The van der Waals surface area contributed by atoms with Crippen LogP contribution in [0.4, 0.5) is 5.69 Å². The number of amides is 2. The standard InChI is InChI=1S/C20H16N4O2/c25-19(15-8-2-1-3-9-15)23-18-12-5-4-11-17(18)20(26)24-22-14-16-10-6-7-13-21-16/h1-14H,(H,23,25)(H,24,26)/b22-14+. The van der Waals surface area contributed by atoms with Gasteiger partial charge in [-0.2, -0.15) is 5.10 Å². The van der Waals surface area contributed by atoms with Crippen molar-refractivity contribution >= 4 is 23.7 Å². The zero-order valence-electron chi connectivity index (χ0n) is 13.8. The van der Waals surface area contributed by atoms with Crippen LogP contribution >= 0.6 is 0 Å². The number of nitrogens with one attached hydrogen (secondary N) is 2. The van der Waals surface area contributed by atoms with E-state index in [4.69, 9.17) is 0 Å². The highest BCUT2D eigenvalue weighted by atomic mass is 16.2. The van der Waals surface area contributed by atoms with Gasteiger partial charge >= 0.3 is 0 Å². The average molecular weight is 344 g/mol. The SMILES string of the molecule is O=C(Nc1ccccc1C(=O)N/N=C/c1ccccn1)c1ccccc1. The molecule has 6 heteroatoms. The summed E-state index contributed by atoms with van der Waals surface area (Å²) in [6.45, 7) is 0. The Kier molecular flexibility index (Phi) is 5.47. The number of benzene rings is 2. The van der Waals surface area contributed by atoms with Crippen molar-refractivity contribution in [3.63, 3.8) is 0 Å². The van der Waals surface area contributed by atoms with E-state index in [0.29, 0.717) is 22.5 Å². The smallest absolute Gasteiger partial charge is 0.273 e. The van der Waals surface area contributed by atoms with Gasteiger partial charge in [-0.15, -0.1) is 0 Å². The Hall–Kier alpha value is -3.80. The van der Waals surface area contributed by atoms with Gasteiger partial charge in [0.15, 0.2) is 0 Å². The van der Waals surface area contributed by atoms with E-state index in [0.717, 1.165) is 0 Å². The molecule has 0 radical (unpaired) electrons. The van der Waals surface area contributed by atoms with Gasteiger partial charge in [-0.1, -0.05) is 36.4 Å². The van der Waals surface area contributed by atoms with Crippen LogP contribution in [0.25, 0.3) is 0 Å². The highest BCUT2D eigenvalue weighted by Crippen LogP contribution is 2.16. The first-order chi connectivity index (χ1) is 12.7. The second kappa shape index (κ2) is 8.34. The number of anilines is 1. The Morgan fingerprint density at radius 2 is 1.58 bits per heavy atom. The van der Waals surface area contributed by atoms with Crippen molar-refractivity contribution in [3.05, 3.63) is 95.8 Å². The lowest BCUT2D eigenvalue weighted by Gasteiger charge is -2.10. The summed E-state index contributed by atoms with van der Waals surface area (Å²) >= 11 is 0. The molecular weight excluding hydrogens is 328 g/mol. The zero-order chi connectivity index (χ0) is 18.2. The number of pyridine rings is 1. The van der Waals surface area contributed by atoms with Crippen LogP contribution < -0.4 is 10.7 Å². The van der Waals surface area contributed by atoms with Gasteiger partial charge in [0.2, 0.25) is 0 Å². The van der Waals surface area contributed by atoms with Crippen molar-refractivity contribution in [2.24, 2.45) is 5.10 Å². The number of carbonyl (C=O) groups is 2. The summed E-state index contributed by atoms with van der Waals surface area (Å²) < 4.78 is 0. The van der Waals surface area contributed by atoms with Gasteiger partial charge in [0.1, 0.15) is 0 Å². The number of rotatable bonds is 5. The molecule has 0 fully saturated rings. The van der Waals surface area contributed by atoms with E-state index in [1.165, 1.54) is 6.21 Å². The fourth-order valence-electron chi connectivity index (χ4n) is 2.24. The van der Waals surface area contributed by atoms with Crippen LogP contribution in [0.2, 0.25) is 0 Å². The molecule has 128 valence electrons. The number of hydrogen-bond acceptors (Lipinski definition) is 4. The molecule has 0 aliphatic rings. The molecule has 0 bridgehead atoms. The van der Waals surface area contributed by atoms with Crippen LogP contribution in [0.5, 0.6) is 0 Å². The quantitative estimate of drug-likeness (QED) is 0.551. The molecule has 0 saturated heterocycles. The number of para-hydroxylation sites is 1. The van der Waals surface area contributed by atoms with E-state index >= 15 is 0 Å². The molecule has 0 aliphatic carbocycles. The third kappa shape index (κ3) is 4.39. The summed E-state index contributed by atoms with van der Waals surface area (Å²) in [7, 11) is 0. The van der Waals surface area contributed by atoms with Crippen molar-refractivity contribution < 1.29 is 9.59 Å². The molecular formula is C20H16N4O2. The average Bonchev–Trinajstić information content (AvgIpc) is 2.70. The third-order valence-corrected chi connectivity index (χ3v) is 3.51. The maximum absolute atomic E-state index is 12.4. The highest BCUT2D eigenvalue weighted by Gasteiger charge is 2.13. The lowest BCUT2D eigenvalue weighted by atomic mass is 10.1. The zero-order valence-corrected chi connectivity index (χ0v) is 13.8. The number of nitrogens with zero attached hydrogens (tertiary/aromatic N) is 2. The van der Waals surface area contributed by atoms with E-state index in [1.807, 2.05) is 12.1 Å². The number of hydrazone groups is 1. The van der Waals surface area contributed by atoms with Crippen LogP contribution in [-0.4, -0.2) is 23.0 Å². The minimum atomic E-state index is -0.429. The molecule has 0 aliphatic heterocycles. The van der Waals surface area contributed by atoms with Crippen molar-refractivity contribution in [3.8, 4) is 0 Å². The fourth-order valence-corrected chi connectivity index (χ4v) is 2.24. The van der Waals surface area contributed by atoms with Gasteiger partial charge in [0.25, 0.3) is 11.8 Å². The number of carbonyl (C=O) groups excluding carboxylic acids is 2. The van der Waals surface area contributed by atoms with Gasteiger partial charge in [0, 0.05) is 11.8 Å². The molecule has 0 atom stereocenters. The highest BCUT2D eigenvalue weighted by molar-refractivity contribution is 6.09. The topological polar surface area (TPSA) is 83.5 Å². The lowest BCUT2D eigenvalue weighted by molar-refractivity contribution is 0.0956. The monoisotopic (exact) mass is 344 g/mol. The maximum atomic E-state index is 12.4. The number of hydrogen-bond donors (Lipinski definition) is 2. The third-order valence-electron chi connectivity index (χ3n) is 3.51. The van der Waals surface area contributed by atoms with Crippen LogP contribution in [-0.2, 0) is 0 Å². The Bertz CT molecular complexity index is 925. The minimum Gasteiger partial charge on any atom is -0.321 e. The predicted octanol–water partition coefficient (Wildman–Crippen LogP) is 3.10. The van der Waals surface area contributed by atoms with E-state index in [2.05, 4.69) is 20.8 Å². The Morgan fingerprint density at radius 1 is 0.846 bits per heavy atom. The Morgan fingerprint density at radius 3 is 2.35 bits per heavy atom. The second-order valence-electron chi connectivity index (χ2n) is 5.32. The predicted molar refractivity (Wildman–Crippen MR) is 100 cm³/mol. The molecule has 2 amide bonds. The lowest BCUT2D eigenvalue weighted by Crippen LogP contribution is -2.21. The first kappa shape index (κ1) is 17.0. The molecule has 6 nitrogen and oxygen atoms in total. The normalized spacial score (nSPS) is 10.5. The first-order valence-corrected chi connectivity index (χ1v) is 7.94. The molecule has 26 heavy (non-hydrogen) atoms. The van der Waals surface area contributed by atoms with Crippen LogP contribution in [0, 0.1) is 0 Å². The van der Waals surface area contributed by atoms with Gasteiger partial charge in [-0.3, -0.25) is 14.6 Å². The van der Waals surface area contributed by atoms with Crippen LogP contribution in [0.3, 0.4) is 0 Å². The Balaban J connectivity index is 1.71. The van der Waals surface area contributed by atoms with Gasteiger partial charge in [-0.25, -0.2) is 5.43 Å². The summed E-state index contributed by atoms with van der Waals surface area (Å²) in [5.41, 5.74) is 4.30. The molecule has 0 saturated carbocycles. The van der Waals surface area contributed by atoms with Gasteiger partial charge in [0.05, 0.1) is 23.2 Å². The molecule has 1 heterocycles. The minimum absolute atomic E-state index is 0.289. The summed E-state index contributed by atoms with van der Waals surface area (Å²) in [6.07, 6.45) is 3.08. The Labute approximate surface area is 150 Å². The summed E-state index contributed by atoms with van der Waals surface area (Å²) in [5, 5.41) is 6.65. The number of aromatic nitrogens is 1. The van der Waals surface area contributed by atoms with Crippen molar-refractivity contribution in [1.82, 2.24) is 10.4 Å². The van der Waals surface area contributed by atoms with Gasteiger partial charge in [-0.05, 0) is 36.4 Å². The summed E-state index contributed by atoms with van der Waals surface area (Å²) in [6, 6.07) is 20.9. The van der Waals surface area contributed by atoms with E-state index in [-0.39, 0.29) is 5.91 Å². The molecule has 0 unspecified atom stereocenters. The van der Waals surface area contributed by atoms with Crippen LogP contribution in [0.1, 0.15) is 26.4 Å². The van der Waals surface area contributed by atoms with Crippen LogP contribution in [0.15, 0.2) is 84.1 Å². The molecule has 3 aromatic rings. The maximum Gasteiger partial charge on any atom is 0.273 e. The fraction of sp³-hybridized carbons (Fsp3) is 0. The molecule has 3 rings (SSSR count). The summed E-state index contributed by atoms with van der Waals surface area (Å²) in [5.74, 6) is -0.719. The first-order valence-electron chi connectivity index (χ1n) is 7.94. The van der Waals surface area contributed by atoms with Crippen molar-refractivity contribution in [2.45, 2.75) is 0 Å². The van der Waals surface area contributed by atoms with E-state index in [9.17, 15) is 9.59 Å². The van der Waals surface area contributed by atoms with E-state index in [1.54, 1.807) is 66.9 Å². The van der Waals surface area contributed by atoms with Gasteiger partial charge < -0.3 is 5.32 Å². The molecule has 2 N–H and O–H groups in total.